The number of aliphatic hydroxyl groups is 1. The molecule has 3 rings (SSSR count). The Morgan fingerprint density at radius 1 is 1.12 bits per heavy atom. The topological polar surface area (TPSA) is 85.3 Å². The van der Waals surface area contributed by atoms with Crippen molar-refractivity contribution < 1.29 is 28.9 Å². The van der Waals surface area contributed by atoms with Gasteiger partial charge in [-0.15, -0.1) is 0 Å². The van der Waals surface area contributed by atoms with E-state index in [9.17, 15) is 14.7 Å². The number of hydrogen-bond acceptors (Lipinski definition) is 6. The summed E-state index contributed by atoms with van der Waals surface area (Å²) in [5, 5.41) is 11.2. The van der Waals surface area contributed by atoms with E-state index in [2.05, 4.69) is 13.8 Å². The summed E-state index contributed by atoms with van der Waals surface area (Å²) < 4.78 is 16.3. The first-order valence-corrected chi connectivity index (χ1v) is 10.9. The number of ether oxygens (including phenoxy) is 3. The number of nitrogens with zero attached hydrogens (tertiary/aromatic N) is 1. The lowest BCUT2D eigenvalue weighted by atomic mass is 9.94. The fourth-order valence-electron chi connectivity index (χ4n) is 3.83. The fourth-order valence-corrected chi connectivity index (χ4v) is 3.83. The normalized spacial score (nSPS) is 17.6. The average molecular weight is 454 g/mol. The van der Waals surface area contributed by atoms with Crippen LogP contribution in [0.25, 0.3) is 5.76 Å². The lowest BCUT2D eigenvalue weighted by Crippen LogP contribution is -2.32. The second kappa shape index (κ2) is 10.5. The van der Waals surface area contributed by atoms with Crippen molar-refractivity contribution in [2.45, 2.75) is 26.8 Å². The lowest BCUT2D eigenvalue weighted by molar-refractivity contribution is -0.140. The van der Waals surface area contributed by atoms with Gasteiger partial charge < -0.3 is 24.2 Å². The molecule has 1 heterocycles. The van der Waals surface area contributed by atoms with E-state index in [1.165, 1.54) is 12.0 Å². The molecule has 176 valence electrons. The van der Waals surface area contributed by atoms with Crippen LogP contribution >= 0.6 is 0 Å². The molecule has 7 nitrogen and oxygen atoms in total. The van der Waals surface area contributed by atoms with E-state index in [1.807, 2.05) is 6.92 Å². The minimum absolute atomic E-state index is 0.0413. The molecule has 1 aliphatic heterocycles. The van der Waals surface area contributed by atoms with Crippen molar-refractivity contribution in [3.8, 4) is 11.5 Å². The smallest absolute Gasteiger partial charge is 0.295 e. The van der Waals surface area contributed by atoms with Crippen molar-refractivity contribution in [3.05, 3.63) is 64.7 Å². The van der Waals surface area contributed by atoms with Crippen molar-refractivity contribution in [1.82, 2.24) is 4.90 Å². The van der Waals surface area contributed by atoms with Gasteiger partial charge in [0.2, 0.25) is 0 Å². The van der Waals surface area contributed by atoms with Crippen molar-refractivity contribution in [3.63, 3.8) is 0 Å². The van der Waals surface area contributed by atoms with Crippen LogP contribution in [0.3, 0.4) is 0 Å². The van der Waals surface area contributed by atoms with Gasteiger partial charge in [0.25, 0.3) is 11.7 Å². The van der Waals surface area contributed by atoms with Gasteiger partial charge in [-0.1, -0.05) is 26.0 Å². The maximum Gasteiger partial charge on any atom is 0.295 e. The van der Waals surface area contributed by atoms with Gasteiger partial charge in [-0.05, 0) is 54.3 Å². The quantitative estimate of drug-likeness (QED) is 0.349. The predicted molar refractivity (Wildman–Crippen MR) is 125 cm³/mol. The molecule has 0 radical (unpaired) electrons. The Morgan fingerprint density at radius 2 is 1.88 bits per heavy atom. The molecule has 1 saturated heterocycles. The molecule has 2 aromatic carbocycles. The van der Waals surface area contributed by atoms with Gasteiger partial charge in [0.05, 0.1) is 31.9 Å². The van der Waals surface area contributed by atoms with Crippen LogP contribution in [-0.2, 0) is 14.3 Å². The second-order valence-electron chi connectivity index (χ2n) is 8.45. The molecule has 0 spiro atoms. The first kappa shape index (κ1) is 24.3. The highest BCUT2D eigenvalue weighted by molar-refractivity contribution is 6.46. The lowest BCUT2D eigenvalue weighted by Gasteiger charge is -2.25. The number of aryl methyl sites for hydroxylation is 1. The monoisotopic (exact) mass is 453 g/mol. The Balaban J connectivity index is 2.09. The maximum atomic E-state index is 13.1. The largest absolute Gasteiger partial charge is 0.507 e. The number of carbonyl (C=O) groups excluding carboxylic acids is 2. The molecular formula is C26H31NO6. The zero-order chi connectivity index (χ0) is 24.1. The van der Waals surface area contributed by atoms with Gasteiger partial charge in [0.1, 0.15) is 17.3 Å². The Kier molecular flexibility index (Phi) is 7.76. The van der Waals surface area contributed by atoms with Gasteiger partial charge >= 0.3 is 0 Å². The Labute approximate surface area is 194 Å². The zero-order valence-corrected chi connectivity index (χ0v) is 19.8. The summed E-state index contributed by atoms with van der Waals surface area (Å²) in [5.74, 6) is 0.0599. The Bertz CT molecular complexity index is 1060. The van der Waals surface area contributed by atoms with Gasteiger partial charge in [0.15, 0.2) is 0 Å². The molecule has 1 N–H and O–H groups in total. The molecule has 0 aromatic heterocycles. The van der Waals surface area contributed by atoms with Crippen LogP contribution in [-0.4, -0.2) is 55.7 Å². The van der Waals surface area contributed by atoms with E-state index < -0.39 is 17.7 Å². The molecule has 1 fully saturated rings. The van der Waals surface area contributed by atoms with E-state index in [0.29, 0.717) is 35.2 Å². The fraction of sp³-hybridized carbons (Fsp3) is 0.385. The third-order valence-electron chi connectivity index (χ3n) is 5.51. The molecule has 1 unspecified atom stereocenters. The molecule has 7 heteroatoms. The second-order valence-corrected chi connectivity index (χ2v) is 8.45. The van der Waals surface area contributed by atoms with E-state index in [4.69, 9.17) is 14.2 Å². The third kappa shape index (κ3) is 5.20. The summed E-state index contributed by atoms with van der Waals surface area (Å²) in [6.07, 6.45) is 0. The van der Waals surface area contributed by atoms with Crippen molar-refractivity contribution >= 4 is 17.4 Å². The Hall–Kier alpha value is -3.32. The van der Waals surface area contributed by atoms with Crippen LogP contribution in [0.4, 0.5) is 0 Å². The van der Waals surface area contributed by atoms with E-state index in [-0.39, 0.29) is 24.5 Å². The van der Waals surface area contributed by atoms with Gasteiger partial charge in [-0.25, -0.2) is 0 Å². The number of likely N-dealkylation sites (tertiary alicyclic amines) is 1. The highest BCUT2D eigenvalue weighted by atomic mass is 16.5. The average Bonchev–Trinajstić information content (AvgIpc) is 3.06. The summed E-state index contributed by atoms with van der Waals surface area (Å²) in [5.41, 5.74) is 1.98. The Morgan fingerprint density at radius 3 is 2.52 bits per heavy atom. The van der Waals surface area contributed by atoms with Crippen molar-refractivity contribution in [1.29, 1.82) is 0 Å². The molecule has 0 aliphatic carbocycles. The molecule has 0 bridgehead atoms. The summed E-state index contributed by atoms with van der Waals surface area (Å²) in [6.45, 7) is 7.05. The number of benzene rings is 2. The number of methoxy groups -OCH3 is 2. The van der Waals surface area contributed by atoms with Crippen molar-refractivity contribution in [2.75, 3.05) is 34.0 Å². The molecule has 2 aromatic rings. The van der Waals surface area contributed by atoms with E-state index >= 15 is 0 Å². The van der Waals surface area contributed by atoms with Crippen LogP contribution in [0.15, 0.2) is 48.0 Å². The van der Waals surface area contributed by atoms with Crippen LogP contribution in [0.1, 0.15) is 36.6 Å². The molecule has 1 atom stereocenters. The summed E-state index contributed by atoms with van der Waals surface area (Å²) in [6, 6.07) is 11.6. The highest BCUT2D eigenvalue weighted by Gasteiger charge is 2.46. The minimum Gasteiger partial charge on any atom is -0.507 e. The summed E-state index contributed by atoms with van der Waals surface area (Å²) >= 11 is 0. The number of rotatable bonds is 9. The number of aliphatic hydroxyl groups excluding tert-OH is 1. The first-order chi connectivity index (χ1) is 15.8. The number of amides is 1. The number of ketones is 1. The van der Waals surface area contributed by atoms with Crippen molar-refractivity contribution in [2.24, 2.45) is 5.92 Å². The molecule has 1 amide bonds. The molecule has 33 heavy (non-hydrogen) atoms. The standard InChI is InChI=1S/C26H31NO6/c1-16(2)15-33-21-10-9-19(13-17(21)3)24(28)22-23(18-7-6-8-20(14-18)32-5)27(11-12-31-4)26(30)25(22)29/h6-10,13-14,16,23,28H,11-12,15H2,1-5H3/b24-22-. The maximum absolute atomic E-state index is 13.1. The minimum atomic E-state index is -0.757. The number of carbonyl (C=O) groups is 2. The van der Waals surface area contributed by atoms with Gasteiger partial charge in [-0.3, -0.25) is 9.59 Å². The molecular weight excluding hydrogens is 422 g/mol. The zero-order valence-electron chi connectivity index (χ0n) is 19.8. The molecule has 1 aliphatic rings. The number of Topliss-reactive ketones (excluding diaryl/α,β-unsaturated/α-hetero) is 1. The van der Waals surface area contributed by atoms with E-state index in [1.54, 1.807) is 49.6 Å². The van der Waals surface area contributed by atoms with E-state index in [0.717, 1.165) is 5.56 Å². The van der Waals surface area contributed by atoms with Crippen LogP contribution in [0.5, 0.6) is 11.5 Å². The SMILES string of the molecule is COCCN1C(=O)C(=O)/C(=C(\O)c2ccc(OCC(C)C)c(C)c2)C1c1cccc(OC)c1. The summed E-state index contributed by atoms with van der Waals surface area (Å²) in [7, 11) is 3.08. The number of hydrogen-bond donors (Lipinski definition) is 1. The first-order valence-electron chi connectivity index (χ1n) is 10.9. The third-order valence-corrected chi connectivity index (χ3v) is 5.51. The van der Waals surface area contributed by atoms with Gasteiger partial charge in [0, 0.05) is 19.2 Å². The molecule has 0 saturated carbocycles. The predicted octanol–water partition coefficient (Wildman–Crippen LogP) is 4.11. The highest BCUT2D eigenvalue weighted by Crippen LogP contribution is 2.40. The van der Waals surface area contributed by atoms with Gasteiger partial charge in [-0.2, -0.15) is 0 Å². The van der Waals surface area contributed by atoms with Crippen LogP contribution < -0.4 is 9.47 Å². The summed E-state index contributed by atoms with van der Waals surface area (Å²) in [4.78, 5) is 27.4. The van der Waals surface area contributed by atoms with Crippen LogP contribution in [0, 0.1) is 12.8 Å². The van der Waals surface area contributed by atoms with Crippen LogP contribution in [0.2, 0.25) is 0 Å².